The molecule has 2 aromatic rings. The Morgan fingerprint density at radius 2 is 1.97 bits per heavy atom. The van der Waals surface area contributed by atoms with E-state index in [4.69, 9.17) is 9.47 Å². The molecule has 31 heavy (non-hydrogen) atoms. The van der Waals surface area contributed by atoms with Gasteiger partial charge in [0.2, 0.25) is 0 Å². The van der Waals surface area contributed by atoms with Gasteiger partial charge in [0.1, 0.15) is 5.69 Å². The lowest BCUT2D eigenvalue weighted by molar-refractivity contribution is 0.0675. The number of ether oxygens (including phenoxy) is 2. The van der Waals surface area contributed by atoms with Gasteiger partial charge >= 0.3 is 5.97 Å². The molecule has 0 aliphatic carbocycles. The fourth-order valence-corrected chi connectivity index (χ4v) is 6.74. The molecule has 3 heterocycles. The predicted octanol–water partition coefficient (Wildman–Crippen LogP) is 3.71. The second kappa shape index (κ2) is 8.90. The van der Waals surface area contributed by atoms with Crippen molar-refractivity contribution in [2.75, 3.05) is 33.9 Å². The number of fused-ring (bicyclic) bond motifs is 3. The van der Waals surface area contributed by atoms with Crippen LogP contribution in [0.3, 0.4) is 0 Å². The molecule has 1 unspecified atom stereocenters. The molecule has 0 saturated heterocycles. The summed E-state index contributed by atoms with van der Waals surface area (Å²) in [6, 6.07) is 5.86. The number of hydrogen-bond acceptors (Lipinski definition) is 5. The number of carboxylic acids is 1. The van der Waals surface area contributed by atoms with Crippen LogP contribution in [-0.4, -0.2) is 59.4 Å². The van der Waals surface area contributed by atoms with E-state index >= 15 is 0 Å². The Hall–Kier alpha value is -2.55. The molecule has 0 amide bonds. The summed E-state index contributed by atoms with van der Waals surface area (Å²) in [4.78, 5) is 17.7. The van der Waals surface area contributed by atoms with Crippen LogP contribution < -0.4 is 14.8 Å². The van der Waals surface area contributed by atoms with Gasteiger partial charge in [-0.2, -0.15) is 0 Å². The van der Waals surface area contributed by atoms with Crippen LogP contribution in [0.5, 0.6) is 11.5 Å². The van der Waals surface area contributed by atoms with Gasteiger partial charge in [0.25, 0.3) is 0 Å². The Labute approximate surface area is 185 Å². The maximum atomic E-state index is 12.5. The van der Waals surface area contributed by atoms with E-state index in [0.717, 1.165) is 52.0 Å². The average Bonchev–Trinajstić information content (AvgIpc) is 3.30. The van der Waals surface area contributed by atoms with Gasteiger partial charge in [-0.25, -0.2) is 4.79 Å². The average molecular weight is 444 g/mol. The van der Waals surface area contributed by atoms with Crippen LogP contribution in [0.4, 0.5) is 0 Å². The number of hydrogen-bond donors (Lipinski definition) is 2. The van der Waals surface area contributed by atoms with Crippen molar-refractivity contribution in [2.45, 2.75) is 36.7 Å². The normalized spacial score (nSPS) is 17.4. The summed E-state index contributed by atoms with van der Waals surface area (Å²) >= 11 is 0. The number of aromatic nitrogens is 1. The van der Waals surface area contributed by atoms with Crippen molar-refractivity contribution < 1.29 is 19.4 Å². The lowest BCUT2D eigenvalue weighted by atomic mass is 10.1. The molecule has 0 saturated carbocycles. The standard InChI is InChI=1S/C23H29N3O4S/c1-5-25(6-2)14-26-13-17-16-8-7-11-24-22(16)31(21(17)20(26)23(27)28)15-9-10-18(29-3)19(12-15)30-4/h8-10,12-13,24H,5-7,11,14H2,1-4H3,(H,27,28). The highest BCUT2D eigenvalue weighted by Gasteiger charge is 2.35. The summed E-state index contributed by atoms with van der Waals surface area (Å²) in [6.07, 6.45) is 5.17. The molecule has 1 atom stereocenters. The summed E-state index contributed by atoms with van der Waals surface area (Å²) in [6.45, 7) is 7.31. The monoisotopic (exact) mass is 443 g/mol. The van der Waals surface area contributed by atoms with Gasteiger partial charge in [-0.05, 0) is 37.7 Å². The highest BCUT2D eigenvalue weighted by Crippen LogP contribution is 2.52. The minimum Gasteiger partial charge on any atom is -0.493 e. The Bertz CT molecular complexity index is 1080. The quantitative estimate of drug-likeness (QED) is 0.606. The summed E-state index contributed by atoms with van der Waals surface area (Å²) in [7, 11) is 2.68. The van der Waals surface area contributed by atoms with Crippen molar-refractivity contribution in [2.24, 2.45) is 0 Å². The molecule has 7 nitrogen and oxygen atoms in total. The first kappa shape index (κ1) is 21.7. The number of benzene rings is 1. The minimum absolute atomic E-state index is 0.365. The molecular formula is C23H29N3O4S. The van der Waals surface area contributed by atoms with Crippen molar-refractivity contribution in [3.8, 4) is 11.5 Å². The number of carbonyl (C=O) groups is 1. The van der Waals surface area contributed by atoms with Crippen LogP contribution in [0.15, 0.2) is 40.3 Å². The Balaban J connectivity index is 1.94. The van der Waals surface area contributed by atoms with Crippen LogP contribution in [0.25, 0.3) is 5.57 Å². The van der Waals surface area contributed by atoms with E-state index in [0.29, 0.717) is 23.9 Å². The van der Waals surface area contributed by atoms with Crippen LogP contribution in [0, 0.1) is 0 Å². The number of aromatic carboxylic acids is 1. The molecule has 0 fully saturated rings. The molecule has 0 radical (unpaired) electrons. The first-order valence-corrected chi connectivity index (χ1v) is 11.7. The fraction of sp³-hybridized carbons (Fsp3) is 0.391. The van der Waals surface area contributed by atoms with Crippen LogP contribution in [-0.2, 0) is 6.67 Å². The lowest BCUT2D eigenvalue weighted by Crippen LogP contribution is -2.28. The third-order valence-corrected chi connectivity index (χ3v) is 8.11. The molecule has 2 aliphatic heterocycles. The molecule has 0 spiro atoms. The Kier molecular flexibility index (Phi) is 6.22. The number of nitrogens with one attached hydrogen (secondary N) is 1. The number of carboxylic acid groups (broad SMARTS) is 1. The second-order valence-electron chi connectivity index (χ2n) is 7.43. The lowest BCUT2D eigenvalue weighted by Gasteiger charge is -2.22. The Morgan fingerprint density at radius 1 is 1.23 bits per heavy atom. The van der Waals surface area contributed by atoms with E-state index in [-0.39, 0.29) is 0 Å². The Morgan fingerprint density at radius 3 is 2.61 bits per heavy atom. The zero-order valence-electron chi connectivity index (χ0n) is 18.4. The smallest absolute Gasteiger partial charge is 0.353 e. The van der Waals surface area contributed by atoms with Crippen LogP contribution >= 0.6 is 10.5 Å². The molecule has 1 aromatic carbocycles. The van der Waals surface area contributed by atoms with Crippen molar-refractivity contribution in [3.05, 3.63) is 41.7 Å². The topological polar surface area (TPSA) is 76.0 Å². The fourth-order valence-electron chi connectivity index (χ4n) is 4.19. The van der Waals surface area contributed by atoms with Gasteiger partial charge in [0.05, 0.1) is 25.9 Å². The van der Waals surface area contributed by atoms with Crippen molar-refractivity contribution in [3.63, 3.8) is 0 Å². The van der Waals surface area contributed by atoms with Gasteiger partial charge in [-0.3, -0.25) is 10.2 Å². The van der Waals surface area contributed by atoms with Crippen LogP contribution in [0.2, 0.25) is 0 Å². The van der Waals surface area contributed by atoms with Gasteiger partial charge in [0.15, 0.2) is 11.5 Å². The molecule has 2 N–H and O–H groups in total. The zero-order valence-corrected chi connectivity index (χ0v) is 19.2. The highest BCUT2D eigenvalue weighted by atomic mass is 32.2. The van der Waals surface area contributed by atoms with E-state index < -0.39 is 16.5 Å². The minimum atomic E-state index is -0.897. The van der Waals surface area contributed by atoms with Crippen molar-refractivity contribution in [1.82, 2.24) is 14.8 Å². The third-order valence-electron chi connectivity index (χ3n) is 5.79. The summed E-state index contributed by atoms with van der Waals surface area (Å²) in [5.74, 6) is 0.401. The second-order valence-corrected chi connectivity index (χ2v) is 9.33. The molecule has 2 aliphatic rings. The third kappa shape index (κ3) is 3.69. The summed E-state index contributed by atoms with van der Waals surface area (Å²) in [5.41, 5.74) is 2.51. The maximum absolute atomic E-state index is 12.5. The molecule has 1 aromatic heterocycles. The van der Waals surface area contributed by atoms with Gasteiger partial charge in [0, 0.05) is 33.7 Å². The van der Waals surface area contributed by atoms with Gasteiger partial charge in [-0.15, -0.1) is 10.5 Å². The molecule has 4 rings (SSSR count). The van der Waals surface area contributed by atoms with E-state index in [9.17, 15) is 9.90 Å². The highest BCUT2D eigenvalue weighted by molar-refractivity contribution is 8.17. The van der Waals surface area contributed by atoms with E-state index in [1.54, 1.807) is 14.2 Å². The molecule has 8 heteroatoms. The molecular weight excluding hydrogens is 414 g/mol. The summed E-state index contributed by atoms with van der Waals surface area (Å²) in [5, 5.41) is 13.8. The largest absolute Gasteiger partial charge is 0.493 e. The van der Waals surface area contributed by atoms with Gasteiger partial charge in [-0.1, -0.05) is 19.9 Å². The zero-order chi connectivity index (χ0) is 22.1. The summed E-state index contributed by atoms with van der Waals surface area (Å²) < 4.78 is 12.8. The van der Waals surface area contributed by atoms with E-state index in [1.165, 1.54) is 0 Å². The first-order valence-electron chi connectivity index (χ1n) is 10.5. The number of methoxy groups -OCH3 is 2. The van der Waals surface area contributed by atoms with Crippen molar-refractivity contribution in [1.29, 1.82) is 0 Å². The predicted molar refractivity (Wildman–Crippen MR) is 124 cm³/mol. The van der Waals surface area contributed by atoms with Crippen molar-refractivity contribution >= 4 is 27.0 Å². The number of rotatable bonds is 8. The van der Waals surface area contributed by atoms with Crippen LogP contribution in [0.1, 0.15) is 36.3 Å². The van der Waals surface area contributed by atoms with Gasteiger partial charge < -0.3 is 19.1 Å². The first-order chi connectivity index (χ1) is 15.0. The molecule has 166 valence electrons. The van der Waals surface area contributed by atoms with E-state index in [2.05, 4.69) is 30.1 Å². The molecule has 0 bridgehead atoms. The SMILES string of the molecule is CCN(CC)Cn1cc2c(c1C(=O)O)S(c1ccc(OC)c(OC)c1)=C1NCCC=C12. The maximum Gasteiger partial charge on any atom is 0.353 e. The number of nitrogens with zero attached hydrogens (tertiary/aromatic N) is 2. The van der Waals surface area contributed by atoms with E-state index in [1.807, 2.05) is 29.0 Å².